The Balaban J connectivity index is 1.54. The lowest BCUT2D eigenvalue weighted by atomic mass is 10.0. The van der Waals surface area contributed by atoms with Crippen molar-refractivity contribution in [2.75, 3.05) is 5.32 Å². The van der Waals surface area contributed by atoms with Crippen molar-refractivity contribution < 1.29 is 18.7 Å². The number of nitrogens with zero attached hydrogens (tertiary/aromatic N) is 1. The zero-order chi connectivity index (χ0) is 26.6. The molecule has 0 unspecified atom stereocenters. The van der Waals surface area contributed by atoms with E-state index in [-0.39, 0.29) is 33.5 Å². The van der Waals surface area contributed by atoms with Crippen molar-refractivity contribution in [1.29, 1.82) is 0 Å². The van der Waals surface area contributed by atoms with Crippen molar-refractivity contribution in [3.05, 3.63) is 123 Å². The smallest absolute Gasteiger partial charge is 0.296 e. The van der Waals surface area contributed by atoms with Gasteiger partial charge in [0.25, 0.3) is 11.7 Å². The molecular weight excluding hydrogens is 528 g/mol. The first-order chi connectivity index (χ1) is 18.4. The van der Waals surface area contributed by atoms with Gasteiger partial charge in [0, 0.05) is 29.9 Å². The van der Waals surface area contributed by atoms with Crippen molar-refractivity contribution >= 4 is 51.5 Å². The lowest BCUT2D eigenvalue weighted by molar-refractivity contribution is -0.112. The number of ketones is 1. The zero-order valence-electron chi connectivity index (χ0n) is 19.8. The monoisotopic (exact) mass is 547 g/mol. The number of hydrogen-bond acceptors (Lipinski definition) is 4. The average molecular weight is 548 g/mol. The molecule has 190 valence electrons. The maximum Gasteiger partial charge on any atom is 0.296 e. The van der Waals surface area contributed by atoms with E-state index in [1.807, 2.05) is 30.3 Å². The number of carbonyl (C=O) groups excluding carboxylic acids is 2. The summed E-state index contributed by atoms with van der Waals surface area (Å²) in [6.45, 7) is 0.315. The minimum absolute atomic E-state index is 0.0912. The number of halogens is 3. The molecule has 0 spiro atoms. The number of benzene rings is 3. The Hall–Kier alpha value is -4.20. The van der Waals surface area contributed by atoms with Gasteiger partial charge in [-0.3, -0.25) is 14.6 Å². The maximum absolute atomic E-state index is 13.6. The largest absolute Gasteiger partial charge is 0.487 e. The van der Waals surface area contributed by atoms with Crippen LogP contribution in [0.15, 0.2) is 85.2 Å². The minimum Gasteiger partial charge on any atom is -0.487 e. The van der Waals surface area contributed by atoms with Crippen LogP contribution in [0.1, 0.15) is 27.2 Å². The van der Waals surface area contributed by atoms with Gasteiger partial charge in [0.15, 0.2) is 0 Å². The summed E-state index contributed by atoms with van der Waals surface area (Å²) in [7, 11) is 0. The summed E-state index contributed by atoms with van der Waals surface area (Å²) in [5, 5.41) is 3.21. The summed E-state index contributed by atoms with van der Waals surface area (Å²) >= 11 is 12.3. The molecule has 2 N–H and O–H groups in total. The number of pyridine rings is 1. The van der Waals surface area contributed by atoms with Gasteiger partial charge in [-0.15, -0.1) is 0 Å². The minimum atomic E-state index is -0.920. The van der Waals surface area contributed by atoms with E-state index in [4.69, 9.17) is 27.9 Å². The molecule has 0 radical (unpaired) electrons. The number of aromatic nitrogens is 2. The number of H-pyrrole nitrogens is 1. The molecule has 38 heavy (non-hydrogen) atoms. The number of Topliss-reactive ketones (excluding diaryl/α,β-unsaturated/α-hetero) is 1. The van der Waals surface area contributed by atoms with Gasteiger partial charge in [-0.1, -0.05) is 77.8 Å². The number of nitrogens with one attached hydrogen (secondary N) is 2. The molecule has 0 saturated carbocycles. The first kappa shape index (κ1) is 25.4. The fourth-order valence-electron chi connectivity index (χ4n) is 4.11. The number of ether oxygens (including phenoxy) is 1. The molecule has 0 atom stereocenters. The molecule has 0 fully saturated rings. The van der Waals surface area contributed by atoms with Crippen LogP contribution in [0.25, 0.3) is 10.9 Å². The topological polar surface area (TPSA) is 84.1 Å². The SMILES string of the molecule is O=C(Nc1c(Cl)cncc1Cl)C(=O)c1c(Cc2ccc(F)cc2)[nH]c2c(OCc3ccccc3)cccc12. The van der Waals surface area contributed by atoms with Gasteiger partial charge in [0.05, 0.1) is 26.8 Å². The highest BCUT2D eigenvalue weighted by Crippen LogP contribution is 2.33. The van der Waals surface area contributed by atoms with Crippen LogP contribution >= 0.6 is 23.2 Å². The Bertz CT molecular complexity index is 1620. The molecule has 2 heterocycles. The summed E-state index contributed by atoms with van der Waals surface area (Å²) in [5.74, 6) is -1.57. The van der Waals surface area contributed by atoms with Crippen molar-refractivity contribution in [1.82, 2.24) is 9.97 Å². The number of fused-ring (bicyclic) bond motifs is 1. The van der Waals surface area contributed by atoms with E-state index < -0.39 is 11.7 Å². The van der Waals surface area contributed by atoms with Crippen LogP contribution in [-0.2, 0) is 17.8 Å². The van der Waals surface area contributed by atoms with E-state index in [2.05, 4.69) is 15.3 Å². The molecule has 0 aliphatic rings. The summed E-state index contributed by atoms with van der Waals surface area (Å²) < 4.78 is 19.6. The van der Waals surface area contributed by atoms with E-state index in [1.54, 1.807) is 30.3 Å². The summed E-state index contributed by atoms with van der Waals surface area (Å²) in [6.07, 6.45) is 2.88. The molecule has 3 aromatic carbocycles. The van der Waals surface area contributed by atoms with E-state index in [0.29, 0.717) is 29.0 Å². The lowest BCUT2D eigenvalue weighted by Gasteiger charge is -2.09. The standard InChI is InChI=1S/C29H20Cl2FN3O3/c30-21-14-33-15-22(31)27(21)35-29(37)28(36)25-20-7-4-8-24(38-16-18-5-2-1-3-6-18)26(20)34-23(25)13-17-9-11-19(32)12-10-17/h1-12,14-15,34H,13,16H2,(H,33,35,37). The molecule has 2 aromatic heterocycles. The van der Waals surface area contributed by atoms with E-state index in [1.165, 1.54) is 24.5 Å². The zero-order valence-corrected chi connectivity index (χ0v) is 21.3. The van der Waals surface area contributed by atoms with Crippen LogP contribution in [0.4, 0.5) is 10.1 Å². The maximum atomic E-state index is 13.6. The Morgan fingerprint density at radius 1 is 0.895 bits per heavy atom. The fraction of sp³-hybridized carbons (Fsp3) is 0.0690. The molecule has 5 rings (SSSR count). The summed E-state index contributed by atoms with van der Waals surface area (Å²) in [6, 6.07) is 20.9. The van der Waals surface area contributed by atoms with Gasteiger partial charge < -0.3 is 15.0 Å². The predicted octanol–water partition coefficient (Wildman–Crippen LogP) is 7.00. The van der Waals surface area contributed by atoms with Crippen molar-refractivity contribution in [3.63, 3.8) is 0 Å². The molecule has 0 saturated heterocycles. The number of aromatic amines is 1. The van der Waals surface area contributed by atoms with Gasteiger partial charge in [-0.25, -0.2) is 4.39 Å². The fourth-order valence-corrected chi connectivity index (χ4v) is 4.57. The van der Waals surface area contributed by atoms with Crippen molar-refractivity contribution in [2.45, 2.75) is 13.0 Å². The molecule has 1 amide bonds. The number of amides is 1. The van der Waals surface area contributed by atoms with Gasteiger partial charge >= 0.3 is 0 Å². The third-order valence-electron chi connectivity index (χ3n) is 5.93. The third-order valence-corrected chi connectivity index (χ3v) is 6.50. The highest BCUT2D eigenvalue weighted by molar-refractivity contribution is 6.50. The molecule has 0 aliphatic carbocycles. The first-order valence-electron chi connectivity index (χ1n) is 11.6. The summed E-state index contributed by atoms with van der Waals surface area (Å²) in [5.41, 5.74) is 3.04. The molecule has 5 aromatic rings. The van der Waals surface area contributed by atoms with Crippen LogP contribution in [0.3, 0.4) is 0 Å². The summed E-state index contributed by atoms with van der Waals surface area (Å²) in [4.78, 5) is 33.8. The van der Waals surface area contributed by atoms with E-state index >= 15 is 0 Å². The lowest BCUT2D eigenvalue weighted by Crippen LogP contribution is -2.24. The Labute approximate surface area is 227 Å². The quantitative estimate of drug-likeness (QED) is 0.162. The molecule has 6 nitrogen and oxygen atoms in total. The second kappa shape index (κ2) is 11.0. The molecule has 0 aliphatic heterocycles. The highest BCUT2D eigenvalue weighted by Gasteiger charge is 2.27. The second-order valence-corrected chi connectivity index (χ2v) is 9.31. The number of anilines is 1. The molecule has 9 heteroatoms. The first-order valence-corrected chi connectivity index (χ1v) is 12.4. The number of rotatable bonds is 8. The van der Waals surface area contributed by atoms with Crippen LogP contribution < -0.4 is 10.1 Å². The molecule has 0 bridgehead atoms. The van der Waals surface area contributed by atoms with Crippen molar-refractivity contribution in [3.8, 4) is 5.75 Å². The van der Waals surface area contributed by atoms with Crippen LogP contribution in [0, 0.1) is 5.82 Å². The van der Waals surface area contributed by atoms with E-state index in [9.17, 15) is 14.0 Å². The number of hydrogen-bond donors (Lipinski definition) is 2. The molecular formula is C29H20Cl2FN3O3. The third kappa shape index (κ3) is 5.39. The van der Waals surface area contributed by atoms with Crippen LogP contribution in [-0.4, -0.2) is 21.7 Å². The normalized spacial score (nSPS) is 10.9. The Morgan fingerprint density at radius 3 is 2.32 bits per heavy atom. The highest BCUT2D eigenvalue weighted by atomic mass is 35.5. The number of para-hydroxylation sites is 1. The van der Waals surface area contributed by atoms with Gasteiger partial charge in [0.2, 0.25) is 0 Å². The van der Waals surface area contributed by atoms with Gasteiger partial charge in [-0.05, 0) is 29.3 Å². The van der Waals surface area contributed by atoms with Crippen LogP contribution in [0.5, 0.6) is 5.75 Å². The Kier molecular flexibility index (Phi) is 7.40. The predicted molar refractivity (Wildman–Crippen MR) is 145 cm³/mol. The van der Waals surface area contributed by atoms with Gasteiger partial charge in [-0.2, -0.15) is 0 Å². The average Bonchev–Trinajstić information content (AvgIpc) is 3.29. The van der Waals surface area contributed by atoms with Crippen LogP contribution in [0.2, 0.25) is 10.0 Å². The van der Waals surface area contributed by atoms with Crippen molar-refractivity contribution in [2.24, 2.45) is 0 Å². The number of carbonyl (C=O) groups is 2. The second-order valence-electron chi connectivity index (χ2n) is 8.50. The van der Waals surface area contributed by atoms with E-state index in [0.717, 1.165) is 11.1 Å². The van der Waals surface area contributed by atoms with Gasteiger partial charge in [0.1, 0.15) is 18.2 Å². The Morgan fingerprint density at radius 2 is 1.61 bits per heavy atom.